The van der Waals surface area contributed by atoms with E-state index in [0.29, 0.717) is 19.0 Å². The fourth-order valence-electron chi connectivity index (χ4n) is 2.11. The topological polar surface area (TPSA) is 68.2 Å². The molecule has 2 rings (SSSR count). The predicted molar refractivity (Wildman–Crippen MR) is 85.2 cm³/mol. The third-order valence-corrected chi connectivity index (χ3v) is 3.04. The quantitative estimate of drug-likeness (QED) is 0.811. The fourth-order valence-corrected chi connectivity index (χ4v) is 2.11. The highest BCUT2D eigenvalue weighted by atomic mass is 35.5. The summed E-state index contributed by atoms with van der Waals surface area (Å²) in [5.74, 6) is 1.45. The first-order valence-corrected chi connectivity index (χ1v) is 7.09. The fraction of sp³-hybridized carbons (Fsp3) is 0.467. The number of hydrogen-bond acceptors (Lipinski definition) is 5. The van der Waals surface area contributed by atoms with Crippen LogP contribution in [-0.2, 0) is 19.5 Å². The van der Waals surface area contributed by atoms with Crippen molar-refractivity contribution in [3.63, 3.8) is 0 Å². The van der Waals surface area contributed by atoms with Crippen LogP contribution in [0.5, 0.6) is 0 Å². The minimum atomic E-state index is 0. The maximum atomic E-state index is 5.68. The minimum Gasteiger partial charge on any atom is -0.338 e. The summed E-state index contributed by atoms with van der Waals surface area (Å²) in [5, 5.41) is 3.98. The van der Waals surface area contributed by atoms with Gasteiger partial charge >= 0.3 is 0 Å². The number of nitrogens with two attached hydrogens (primary N) is 1. The number of aromatic nitrogens is 2. The van der Waals surface area contributed by atoms with Crippen molar-refractivity contribution in [3.8, 4) is 0 Å². The van der Waals surface area contributed by atoms with E-state index in [2.05, 4.69) is 34.1 Å². The van der Waals surface area contributed by atoms with Crippen molar-refractivity contribution in [1.82, 2.24) is 15.0 Å². The van der Waals surface area contributed by atoms with Crippen LogP contribution in [0.1, 0.15) is 30.6 Å². The summed E-state index contributed by atoms with van der Waals surface area (Å²) in [6.45, 7) is 5.00. The van der Waals surface area contributed by atoms with Crippen LogP contribution in [0.15, 0.2) is 34.9 Å². The Morgan fingerprint density at radius 1 is 1.19 bits per heavy atom. The van der Waals surface area contributed by atoms with Crippen LogP contribution < -0.4 is 5.73 Å². The average Bonchev–Trinajstić information content (AvgIpc) is 2.88. The molecule has 6 heteroatoms. The van der Waals surface area contributed by atoms with Crippen molar-refractivity contribution in [2.24, 2.45) is 5.73 Å². The molecule has 21 heavy (non-hydrogen) atoms. The van der Waals surface area contributed by atoms with Crippen LogP contribution in [0, 0.1) is 0 Å². The second kappa shape index (κ2) is 9.50. The van der Waals surface area contributed by atoms with E-state index in [0.717, 1.165) is 31.8 Å². The number of benzene rings is 1. The molecule has 5 nitrogen and oxygen atoms in total. The monoisotopic (exact) mass is 310 g/mol. The lowest BCUT2D eigenvalue weighted by Gasteiger charge is -2.19. The molecule has 1 heterocycles. The van der Waals surface area contributed by atoms with Gasteiger partial charge in [-0.05, 0) is 12.0 Å². The van der Waals surface area contributed by atoms with Gasteiger partial charge in [0.05, 0.1) is 6.54 Å². The first-order chi connectivity index (χ1) is 9.81. The normalized spacial score (nSPS) is 10.6. The summed E-state index contributed by atoms with van der Waals surface area (Å²) in [4.78, 5) is 6.62. The molecule has 1 aromatic carbocycles. The van der Waals surface area contributed by atoms with E-state index in [1.165, 1.54) is 5.56 Å². The van der Waals surface area contributed by atoms with E-state index in [1.54, 1.807) is 0 Å². The van der Waals surface area contributed by atoms with Crippen molar-refractivity contribution >= 4 is 12.4 Å². The molecule has 2 N–H and O–H groups in total. The Hall–Kier alpha value is -1.43. The number of rotatable bonds is 8. The van der Waals surface area contributed by atoms with Gasteiger partial charge in [0.15, 0.2) is 5.82 Å². The van der Waals surface area contributed by atoms with Gasteiger partial charge in [-0.3, -0.25) is 4.90 Å². The molecule has 0 fully saturated rings. The number of halogens is 1. The average molecular weight is 311 g/mol. The van der Waals surface area contributed by atoms with E-state index in [1.807, 2.05) is 18.2 Å². The maximum Gasteiger partial charge on any atom is 0.240 e. The van der Waals surface area contributed by atoms with Crippen molar-refractivity contribution < 1.29 is 4.52 Å². The lowest BCUT2D eigenvalue weighted by atomic mass is 10.2. The van der Waals surface area contributed by atoms with E-state index in [4.69, 9.17) is 10.3 Å². The molecule has 0 atom stereocenters. The zero-order chi connectivity index (χ0) is 14.2. The van der Waals surface area contributed by atoms with Gasteiger partial charge in [0, 0.05) is 26.1 Å². The van der Waals surface area contributed by atoms with Crippen LogP contribution in [0.4, 0.5) is 0 Å². The SMILES string of the molecule is CCCc1noc(CN(CCN)Cc2ccccc2)n1.Cl. The van der Waals surface area contributed by atoms with Gasteiger partial charge in [0.2, 0.25) is 5.89 Å². The molecule has 0 aliphatic rings. The van der Waals surface area contributed by atoms with E-state index in [9.17, 15) is 0 Å². The van der Waals surface area contributed by atoms with Crippen molar-refractivity contribution in [3.05, 3.63) is 47.6 Å². The Bertz CT molecular complexity index is 503. The third kappa shape index (κ3) is 5.83. The van der Waals surface area contributed by atoms with Gasteiger partial charge in [0.25, 0.3) is 0 Å². The van der Waals surface area contributed by atoms with E-state index < -0.39 is 0 Å². The second-order valence-corrected chi connectivity index (χ2v) is 4.84. The molecule has 0 saturated heterocycles. The molecule has 0 aliphatic heterocycles. The number of nitrogens with zero attached hydrogens (tertiary/aromatic N) is 3. The summed E-state index contributed by atoms with van der Waals surface area (Å²) in [5.41, 5.74) is 6.94. The summed E-state index contributed by atoms with van der Waals surface area (Å²) in [6.07, 6.45) is 1.88. The minimum absolute atomic E-state index is 0. The Morgan fingerprint density at radius 2 is 1.95 bits per heavy atom. The molecule has 0 spiro atoms. The van der Waals surface area contributed by atoms with E-state index >= 15 is 0 Å². The molecule has 0 unspecified atom stereocenters. The van der Waals surface area contributed by atoms with Crippen molar-refractivity contribution in [1.29, 1.82) is 0 Å². The molecule has 0 amide bonds. The second-order valence-electron chi connectivity index (χ2n) is 4.84. The Kier molecular flexibility index (Phi) is 7.97. The summed E-state index contributed by atoms with van der Waals surface area (Å²) in [7, 11) is 0. The highest BCUT2D eigenvalue weighted by molar-refractivity contribution is 5.85. The van der Waals surface area contributed by atoms with Gasteiger partial charge in [-0.15, -0.1) is 12.4 Å². The molecule has 1 aromatic heterocycles. The zero-order valence-electron chi connectivity index (χ0n) is 12.4. The highest BCUT2D eigenvalue weighted by Gasteiger charge is 2.11. The van der Waals surface area contributed by atoms with Gasteiger partial charge in [-0.1, -0.05) is 42.4 Å². The molecule has 116 valence electrons. The lowest BCUT2D eigenvalue weighted by molar-refractivity contribution is 0.224. The van der Waals surface area contributed by atoms with Gasteiger partial charge in [-0.25, -0.2) is 0 Å². The number of aryl methyl sites for hydroxylation is 1. The van der Waals surface area contributed by atoms with E-state index in [-0.39, 0.29) is 12.4 Å². The molecule has 0 saturated carbocycles. The van der Waals surface area contributed by atoms with Crippen molar-refractivity contribution in [2.45, 2.75) is 32.9 Å². The predicted octanol–water partition coefficient (Wildman–Crippen LogP) is 2.40. The Labute approximate surface area is 131 Å². The molecule has 0 aliphatic carbocycles. The Balaban J connectivity index is 0.00000220. The molecule has 0 bridgehead atoms. The summed E-state index contributed by atoms with van der Waals surface area (Å²) in [6, 6.07) is 10.3. The van der Waals surface area contributed by atoms with Crippen LogP contribution in [-0.4, -0.2) is 28.1 Å². The standard InChI is InChI=1S/C15H22N4O.ClH/c1-2-6-14-17-15(20-18-14)12-19(10-9-16)11-13-7-4-3-5-8-13;/h3-5,7-8H,2,6,9-12,16H2,1H3;1H. The zero-order valence-corrected chi connectivity index (χ0v) is 13.2. The van der Waals surface area contributed by atoms with Crippen LogP contribution >= 0.6 is 12.4 Å². The van der Waals surface area contributed by atoms with Crippen LogP contribution in [0.3, 0.4) is 0 Å². The van der Waals surface area contributed by atoms with Gasteiger partial charge in [-0.2, -0.15) is 4.98 Å². The molecular formula is C15H23ClN4O. The number of hydrogen-bond donors (Lipinski definition) is 1. The summed E-state index contributed by atoms with van der Waals surface area (Å²) < 4.78 is 5.29. The van der Waals surface area contributed by atoms with Crippen LogP contribution in [0.25, 0.3) is 0 Å². The first kappa shape index (κ1) is 17.6. The smallest absolute Gasteiger partial charge is 0.240 e. The van der Waals surface area contributed by atoms with Crippen molar-refractivity contribution in [2.75, 3.05) is 13.1 Å². The Morgan fingerprint density at radius 3 is 2.62 bits per heavy atom. The molecule has 0 radical (unpaired) electrons. The first-order valence-electron chi connectivity index (χ1n) is 7.09. The van der Waals surface area contributed by atoms with Gasteiger partial charge < -0.3 is 10.3 Å². The largest absolute Gasteiger partial charge is 0.338 e. The molecular weight excluding hydrogens is 288 g/mol. The van der Waals surface area contributed by atoms with Gasteiger partial charge in [0.1, 0.15) is 0 Å². The third-order valence-electron chi connectivity index (χ3n) is 3.04. The lowest BCUT2D eigenvalue weighted by Crippen LogP contribution is -2.28. The summed E-state index contributed by atoms with van der Waals surface area (Å²) >= 11 is 0. The molecule has 2 aromatic rings. The van der Waals surface area contributed by atoms with Crippen LogP contribution in [0.2, 0.25) is 0 Å². The highest BCUT2D eigenvalue weighted by Crippen LogP contribution is 2.09. The maximum absolute atomic E-state index is 5.68.